The van der Waals surface area contributed by atoms with Gasteiger partial charge < -0.3 is 4.74 Å². The van der Waals surface area contributed by atoms with Crippen molar-refractivity contribution in [3.8, 4) is 5.75 Å². The average Bonchev–Trinajstić information content (AvgIpc) is 2.17. The highest BCUT2D eigenvalue weighted by atomic mass is 79.9. The molecule has 1 aromatic carbocycles. The fourth-order valence-electron chi connectivity index (χ4n) is 0.890. The van der Waals surface area contributed by atoms with Crippen LogP contribution >= 0.6 is 27.5 Å². The van der Waals surface area contributed by atoms with Gasteiger partial charge in [-0.25, -0.2) is 0 Å². The molecule has 0 heterocycles. The molecule has 0 aromatic heterocycles. The Labute approximate surface area is 91.5 Å². The summed E-state index contributed by atoms with van der Waals surface area (Å²) in [6, 6.07) is 5.70. The second-order valence-electron chi connectivity index (χ2n) is 2.50. The van der Waals surface area contributed by atoms with E-state index in [1.807, 2.05) is 18.2 Å². The number of halogens is 2. The molecular weight excluding hydrogens is 251 g/mol. The third-order valence-electron chi connectivity index (χ3n) is 1.51. The van der Waals surface area contributed by atoms with Gasteiger partial charge in [0.1, 0.15) is 12.4 Å². The van der Waals surface area contributed by atoms with E-state index < -0.39 is 0 Å². The Kier molecular flexibility index (Phi) is 4.33. The fraction of sp³-hybridized carbons (Fsp3) is 0.200. The van der Waals surface area contributed by atoms with Gasteiger partial charge >= 0.3 is 0 Å². The molecule has 0 aliphatic rings. The zero-order valence-electron chi connectivity index (χ0n) is 7.09. The van der Waals surface area contributed by atoms with E-state index >= 15 is 0 Å². The number of rotatable bonds is 4. The first kappa shape index (κ1) is 10.6. The Hall–Kier alpha value is -0.470. The van der Waals surface area contributed by atoms with Crippen molar-refractivity contribution in [3.05, 3.63) is 41.4 Å². The third kappa shape index (κ3) is 3.05. The Morgan fingerprint density at radius 3 is 2.92 bits per heavy atom. The highest BCUT2D eigenvalue weighted by Gasteiger charge is 2.01. The Balaban J connectivity index is 2.83. The SMILES string of the molecule is C=CCOc1cc(CBr)ccc1Cl. The highest BCUT2D eigenvalue weighted by Crippen LogP contribution is 2.26. The van der Waals surface area contributed by atoms with E-state index in [1.165, 1.54) is 0 Å². The second kappa shape index (κ2) is 5.30. The van der Waals surface area contributed by atoms with Gasteiger partial charge in [-0.3, -0.25) is 0 Å². The maximum absolute atomic E-state index is 5.91. The third-order valence-corrected chi connectivity index (χ3v) is 2.47. The lowest BCUT2D eigenvalue weighted by Crippen LogP contribution is -1.94. The predicted molar refractivity (Wildman–Crippen MR) is 59.8 cm³/mol. The molecule has 0 spiro atoms. The molecule has 0 saturated carbocycles. The van der Waals surface area contributed by atoms with Crippen LogP contribution in [-0.4, -0.2) is 6.61 Å². The molecule has 0 radical (unpaired) electrons. The van der Waals surface area contributed by atoms with Crippen LogP contribution in [0.2, 0.25) is 5.02 Å². The maximum Gasteiger partial charge on any atom is 0.138 e. The van der Waals surface area contributed by atoms with Gasteiger partial charge in [0.05, 0.1) is 5.02 Å². The Morgan fingerprint density at radius 1 is 1.54 bits per heavy atom. The first-order valence-corrected chi connectivity index (χ1v) is 5.36. The van der Waals surface area contributed by atoms with Crippen molar-refractivity contribution < 1.29 is 4.74 Å². The van der Waals surface area contributed by atoms with Gasteiger partial charge in [0.2, 0.25) is 0 Å². The lowest BCUT2D eigenvalue weighted by molar-refractivity contribution is 0.363. The van der Waals surface area contributed by atoms with Gasteiger partial charge in [0, 0.05) is 5.33 Å². The van der Waals surface area contributed by atoms with Crippen LogP contribution in [0.5, 0.6) is 5.75 Å². The molecule has 0 fully saturated rings. The van der Waals surface area contributed by atoms with E-state index in [1.54, 1.807) is 6.08 Å². The lowest BCUT2D eigenvalue weighted by atomic mass is 10.2. The van der Waals surface area contributed by atoms with Gasteiger partial charge in [-0.2, -0.15) is 0 Å². The van der Waals surface area contributed by atoms with Gasteiger partial charge in [0.15, 0.2) is 0 Å². The molecule has 0 unspecified atom stereocenters. The summed E-state index contributed by atoms with van der Waals surface area (Å²) < 4.78 is 5.36. The first-order valence-electron chi connectivity index (χ1n) is 3.86. The maximum atomic E-state index is 5.91. The summed E-state index contributed by atoms with van der Waals surface area (Å²) in [7, 11) is 0. The lowest BCUT2D eigenvalue weighted by Gasteiger charge is -2.06. The standard InChI is InChI=1S/C10H10BrClO/c1-2-5-13-10-6-8(7-11)3-4-9(10)12/h2-4,6H,1,5,7H2. The molecule has 1 rings (SSSR count). The van der Waals surface area contributed by atoms with E-state index in [9.17, 15) is 0 Å². The smallest absolute Gasteiger partial charge is 0.138 e. The summed E-state index contributed by atoms with van der Waals surface area (Å²) in [6.45, 7) is 4.05. The number of benzene rings is 1. The molecule has 0 aliphatic heterocycles. The van der Waals surface area contributed by atoms with Crippen LogP contribution in [0.1, 0.15) is 5.56 Å². The summed E-state index contributed by atoms with van der Waals surface area (Å²) in [5, 5.41) is 1.43. The molecule has 0 N–H and O–H groups in total. The average molecular weight is 262 g/mol. The number of hydrogen-bond donors (Lipinski definition) is 0. The molecule has 1 nitrogen and oxygen atoms in total. The van der Waals surface area contributed by atoms with Crippen molar-refractivity contribution >= 4 is 27.5 Å². The van der Waals surface area contributed by atoms with E-state index in [-0.39, 0.29) is 0 Å². The van der Waals surface area contributed by atoms with Crippen LogP contribution in [0.4, 0.5) is 0 Å². The quantitative estimate of drug-likeness (QED) is 0.592. The molecule has 0 aliphatic carbocycles. The Morgan fingerprint density at radius 2 is 2.31 bits per heavy atom. The monoisotopic (exact) mass is 260 g/mol. The highest BCUT2D eigenvalue weighted by molar-refractivity contribution is 9.08. The van der Waals surface area contributed by atoms with Crippen LogP contribution in [0.25, 0.3) is 0 Å². The molecule has 1 aromatic rings. The van der Waals surface area contributed by atoms with E-state index in [2.05, 4.69) is 22.5 Å². The van der Waals surface area contributed by atoms with Crippen molar-refractivity contribution in [1.29, 1.82) is 0 Å². The van der Waals surface area contributed by atoms with Crippen molar-refractivity contribution in [3.63, 3.8) is 0 Å². The Bertz CT molecular complexity index is 299. The fourth-order valence-corrected chi connectivity index (χ4v) is 1.41. The number of ether oxygens (including phenoxy) is 1. The zero-order valence-corrected chi connectivity index (χ0v) is 9.44. The van der Waals surface area contributed by atoms with E-state index in [0.29, 0.717) is 17.4 Å². The van der Waals surface area contributed by atoms with Crippen molar-refractivity contribution in [1.82, 2.24) is 0 Å². The molecule has 0 saturated heterocycles. The van der Waals surface area contributed by atoms with Crippen molar-refractivity contribution in [2.75, 3.05) is 6.61 Å². The summed E-state index contributed by atoms with van der Waals surface area (Å²) in [5.41, 5.74) is 1.14. The zero-order chi connectivity index (χ0) is 9.68. The van der Waals surface area contributed by atoms with Crippen LogP contribution in [-0.2, 0) is 5.33 Å². The molecule has 0 bridgehead atoms. The molecule has 13 heavy (non-hydrogen) atoms. The van der Waals surface area contributed by atoms with Gasteiger partial charge in [0.25, 0.3) is 0 Å². The second-order valence-corrected chi connectivity index (χ2v) is 3.47. The molecular formula is C10H10BrClO. The van der Waals surface area contributed by atoms with Crippen LogP contribution in [0, 0.1) is 0 Å². The van der Waals surface area contributed by atoms with Gasteiger partial charge in [-0.05, 0) is 17.7 Å². The largest absolute Gasteiger partial charge is 0.488 e. The summed E-state index contributed by atoms with van der Waals surface area (Å²) in [4.78, 5) is 0. The van der Waals surface area contributed by atoms with Crippen molar-refractivity contribution in [2.45, 2.75) is 5.33 Å². The van der Waals surface area contributed by atoms with Gasteiger partial charge in [-0.1, -0.05) is 46.3 Å². The molecule has 3 heteroatoms. The molecule has 0 atom stereocenters. The van der Waals surface area contributed by atoms with E-state index in [0.717, 1.165) is 10.9 Å². The van der Waals surface area contributed by atoms with Crippen LogP contribution in [0.15, 0.2) is 30.9 Å². The minimum Gasteiger partial charge on any atom is -0.488 e. The first-order chi connectivity index (χ1) is 6.27. The minimum atomic E-state index is 0.478. The molecule has 0 amide bonds. The van der Waals surface area contributed by atoms with Crippen LogP contribution in [0.3, 0.4) is 0 Å². The van der Waals surface area contributed by atoms with Crippen LogP contribution < -0.4 is 4.74 Å². The summed E-state index contributed by atoms with van der Waals surface area (Å²) in [6.07, 6.45) is 1.69. The van der Waals surface area contributed by atoms with Gasteiger partial charge in [-0.15, -0.1) is 0 Å². The number of hydrogen-bond acceptors (Lipinski definition) is 1. The van der Waals surface area contributed by atoms with Crippen molar-refractivity contribution in [2.24, 2.45) is 0 Å². The predicted octanol–water partition coefficient (Wildman–Crippen LogP) is 3.80. The normalized spacial score (nSPS) is 9.69. The summed E-state index contributed by atoms with van der Waals surface area (Å²) in [5.74, 6) is 0.707. The molecule has 70 valence electrons. The summed E-state index contributed by atoms with van der Waals surface area (Å²) >= 11 is 9.28. The number of alkyl halides is 1. The topological polar surface area (TPSA) is 9.23 Å². The van der Waals surface area contributed by atoms with E-state index in [4.69, 9.17) is 16.3 Å². The minimum absolute atomic E-state index is 0.478.